The summed E-state index contributed by atoms with van der Waals surface area (Å²) in [6.07, 6.45) is -2.88. The quantitative estimate of drug-likeness (QED) is 0.728. The van der Waals surface area contributed by atoms with E-state index in [0.717, 1.165) is 11.4 Å². The highest BCUT2D eigenvalue weighted by atomic mass is 19.3. The lowest BCUT2D eigenvalue weighted by Gasteiger charge is -2.37. The molecule has 0 radical (unpaired) electrons. The normalized spacial score (nSPS) is 19.3. The topological polar surface area (TPSA) is 23.6 Å². The smallest absolute Gasteiger partial charge is 0.337 e. The summed E-state index contributed by atoms with van der Waals surface area (Å²) in [4.78, 5) is 14.2. The molecule has 0 aromatic heterocycles. The summed E-state index contributed by atoms with van der Waals surface area (Å²) in [6.45, 7) is 4.23. The second-order valence-corrected chi connectivity index (χ2v) is 4.51. The van der Waals surface area contributed by atoms with Crippen LogP contribution < -0.4 is 0 Å². The number of amides is 1. The summed E-state index contributed by atoms with van der Waals surface area (Å²) in [5, 5.41) is 0. The fourth-order valence-corrected chi connectivity index (χ4v) is 2.12. The Bertz CT molecular complexity index is 291. The highest BCUT2D eigenvalue weighted by molar-refractivity contribution is 5.84. The van der Waals surface area contributed by atoms with Gasteiger partial charge in [0.1, 0.15) is 0 Å². The van der Waals surface area contributed by atoms with Crippen LogP contribution in [-0.2, 0) is 4.79 Å². The van der Waals surface area contributed by atoms with Crippen molar-refractivity contribution in [2.45, 2.75) is 38.2 Å². The summed E-state index contributed by atoms with van der Waals surface area (Å²) in [6, 6.07) is -0.384. The van der Waals surface area contributed by atoms with Crippen molar-refractivity contribution in [2.24, 2.45) is 0 Å². The van der Waals surface area contributed by atoms with Gasteiger partial charge in [-0.1, -0.05) is 6.92 Å². The largest absolute Gasteiger partial charge is 0.383 e. The third-order valence-corrected chi connectivity index (χ3v) is 3.43. The van der Waals surface area contributed by atoms with Gasteiger partial charge in [0.2, 0.25) is 0 Å². The van der Waals surface area contributed by atoms with Gasteiger partial charge < -0.3 is 9.80 Å². The van der Waals surface area contributed by atoms with Crippen LogP contribution in [0.25, 0.3) is 0 Å². The van der Waals surface area contributed by atoms with E-state index in [1.165, 1.54) is 7.05 Å². The molecule has 1 rings (SSSR count). The monoisotopic (exact) mass is 270 g/mol. The summed E-state index contributed by atoms with van der Waals surface area (Å²) >= 11 is 0. The van der Waals surface area contributed by atoms with Crippen molar-refractivity contribution in [1.29, 1.82) is 0 Å². The van der Waals surface area contributed by atoms with Crippen LogP contribution in [0.5, 0.6) is 0 Å². The molecule has 0 unspecified atom stereocenters. The second kappa shape index (κ2) is 5.86. The van der Waals surface area contributed by atoms with E-state index in [1.807, 2.05) is 6.92 Å². The molecule has 1 aliphatic rings. The maximum absolute atomic E-state index is 12.9. The Hall–Kier alpha value is -0.850. The van der Waals surface area contributed by atoms with E-state index >= 15 is 0 Å². The molecule has 18 heavy (non-hydrogen) atoms. The van der Waals surface area contributed by atoms with E-state index in [4.69, 9.17) is 0 Å². The van der Waals surface area contributed by atoms with Crippen molar-refractivity contribution in [3.05, 3.63) is 0 Å². The Balaban J connectivity index is 2.60. The number of carbonyl (C=O) groups excluding carboxylic acids is 1. The van der Waals surface area contributed by atoms with Gasteiger partial charge in [0.05, 0.1) is 0 Å². The Morgan fingerprint density at radius 1 is 1.39 bits per heavy atom. The zero-order chi connectivity index (χ0) is 13.9. The molecule has 106 valence electrons. The van der Waals surface area contributed by atoms with Gasteiger partial charge in [-0.25, -0.2) is 8.78 Å². The number of nitrogens with zero attached hydrogens (tertiary/aromatic N) is 2. The molecule has 0 bridgehead atoms. The van der Waals surface area contributed by atoms with Crippen molar-refractivity contribution in [3.63, 3.8) is 0 Å². The number of carbonyl (C=O) groups is 1. The Labute approximate surface area is 104 Å². The predicted molar refractivity (Wildman–Crippen MR) is 58.9 cm³/mol. The van der Waals surface area contributed by atoms with Gasteiger partial charge in [-0.15, -0.1) is 0 Å². The van der Waals surface area contributed by atoms with E-state index in [-0.39, 0.29) is 6.04 Å². The first kappa shape index (κ1) is 15.2. The minimum absolute atomic E-state index is 0.384. The molecule has 0 aliphatic carbocycles. The Morgan fingerprint density at radius 2 is 1.89 bits per heavy atom. The first-order valence-corrected chi connectivity index (χ1v) is 5.96. The fraction of sp³-hybridized carbons (Fsp3) is 0.909. The lowest BCUT2D eigenvalue weighted by molar-refractivity contribution is -0.182. The molecule has 1 fully saturated rings. The van der Waals surface area contributed by atoms with E-state index in [0.29, 0.717) is 25.9 Å². The lowest BCUT2D eigenvalue weighted by atomic mass is 10.0. The molecule has 0 saturated carbocycles. The molecular weight excluding hydrogens is 252 g/mol. The molecule has 7 heteroatoms. The molecule has 1 saturated heterocycles. The fourth-order valence-electron chi connectivity index (χ4n) is 2.12. The molecule has 0 aromatic carbocycles. The number of rotatable bonds is 4. The minimum Gasteiger partial charge on any atom is -0.337 e. The van der Waals surface area contributed by atoms with Gasteiger partial charge in [0.25, 0.3) is 5.91 Å². The van der Waals surface area contributed by atoms with Gasteiger partial charge in [0, 0.05) is 26.2 Å². The van der Waals surface area contributed by atoms with Gasteiger partial charge in [-0.2, -0.15) is 8.78 Å². The molecule has 0 N–H and O–H groups in total. The SMILES string of the molecule is CCN1CCC(N(C)C(=O)C(F)(F)C(F)F)CC1. The first-order chi connectivity index (χ1) is 8.30. The van der Waals surface area contributed by atoms with Crippen molar-refractivity contribution in [2.75, 3.05) is 26.7 Å². The maximum atomic E-state index is 12.9. The Kier molecular flexibility index (Phi) is 4.95. The zero-order valence-electron chi connectivity index (χ0n) is 10.5. The number of likely N-dealkylation sites (tertiary alicyclic amines) is 1. The number of halogens is 4. The van der Waals surface area contributed by atoms with Crippen LogP contribution in [0.1, 0.15) is 19.8 Å². The van der Waals surface area contributed by atoms with Gasteiger partial charge in [0.15, 0.2) is 0 Å². The average molecular weight is 270 g/mol. The highest BCUT2D eigenvalue weighted by Gasteiger charge is 2.51. The average Bonchev–Trinajstić information content (AvgIpc) is 2.36. The molecular formula is C11H18F4N2O. The van der Waals surface area contributed by atoms with Crippen LogP contribution in [0.15, 0.2) is 0 Å². The van der Waals surface area contributed by atoms with Crippen LogP contribution in [0.2, 0.25) is 0 Å². The molecule has 0 spiro atoms. The standard InChI is InChI=1S/C11H18F4N2O/c1-3-17-6-4-8(5-7-17)16(2)10(18)11(14,15)9(12)13/h8-9H,3-7H2,1-2H3. The summed E-state index contributed by atoms with van der Waals surface area (Å²) in [5.74, 6) is -6.37. The van der Waals surface area contributed by atoms with Gasteiger partial charge in [-0.3, -0.25) is 4.79 Å². The van der Waals surface area contributed by atoms with Crippen molar-refractivity contribution in [3.8, 4) is 0 Å². The first-order valence-electron chi connectivity index (χ1n) is 5.96. The van der Waals surface area contributed by atoms with Crippen LogP contribution >= 0.6 is 0 Å². The minimum atomic E-state index is -4.59. The van der Waals surface area contributed by atoms with Crippen LogP contribution in [0, 0.1) is 0 Å². The van der Waals surface area contributed by atoms with Crippen molar-refractivity contribution < 1.29 is 22.4 Å². The summed E-state index contributed by atoms with van der Waals surface area (Å²) in [5.41, 5.74) is 0. The van der Waals surface area contributed by atoms with Crippen molar-refractivity contribution in [1.82, 2.24) is 9.80 Å². The summed E-state index contributed by atoms with van der Waals surface area (Å²) in [7, 11) is 1.17. The van der Waals surface area contributed by atoms with E-state index in [2.05, 4.69) is 4.90 Å². The molecule has 0 atom stereocenters. The van der Waals surface area contributed by atoms with Gasteiger partial charge >= 0.3 is 12.3 Å². The third kappa shape index (κ3) is 3.13. The number of piperidine rings is 1. The molecule has 1 aliphatic heterocycles. The van der Waals surface area contributed by atoms with E-state index in [1.54, 1.807) is 0 Å². The van der Waals surface area contributed by atoms with Crippen molar-refractivity contribution >= 4 is 5.91 Å². The number of hydrogen-bond donors (Lipinski definition) is 0. The van der Waals surface area contributed by atoms with E-state index in [9.17, 15) is 22.4 Å². The van der Waals surface area contributed by atoms with Crippen LogP contribution in [0.4, 0.5) is 17.6 Å². The highest BCUT2D eigenvalue weighted by Crippen LogP contribution is 2.27. The maximum Gasteiger partial charge on any atom is 0.383 e. The third-order valence-electron chi connectivity index (χ3n) is 3.43. The zero-order valence-corrected chi connectivity index (χ0v) is 10.5. The second-order valence-electron chi connectivity index (χ2n) is 4.51. The number of hydrogen-bond acceptors (Lipinski definition) is 2. The predicted octanol–water partition coefficient (Wildman–Crippen LogP) is 1.83. The lowest BCUT2D eigenvalue weighted by Crippen LogP contribution is -2.52. The Morgan fingerprint density at radius 3 is 2.28 bits per heavy atom. The number of alkyl halides is 4. The molecule has 1 amide bonds. The summed E-state index contributed by atoms with van der Waals surface area (Å²) < 4.78 is 50.1. The molecule has 0 aromatic rings. The van der Waals surface area contributed by atoms with Crippen LogP contribution in [-0.4, -0.2) is 60.8 Å². The van der Waals surface area contributed by atoms with Crippen LogP contribution in [0.3, 0.4) is 0 Å². The molecule has 3 nitrogen and oxygen atoms in total. The molecule has 1 heterocycles. The van der Waals surface area contributed by atoms with E-state index < -0.39 is 18.3 Å². The van der Waals surface area contributed by atoms with Gasteiger partial charge in [-0.05, 0) is 19.4 Å².